The molecule has 142 valence electrons. The Morgan fingerprint density at radius 2 is 1.74 bits per heavy atom. The zero-order valence-corrected chi connectivity index (χ0v) is 15.7. The number of ether oxygens (including phenoxy) is 1. The average molecular weight is 365 g/mol. The van der Waals surface area contributed by atoms with E-state index >= 15 is 0 Å². The largest absolute Gasteiger partial charge is 0.497 e. The molecule has 1 amide bonds. The van der Waals surface area contributed by atoms with Crippen molar-refractivity contribution in [2.45, 2.75) is 37.3 Å². The molecule has 4 rings (SSSR count). The molecule has 2 aromatic rings. The highest BCUT2D eigenvalue weighted by molar-refractivity contribution is 5.82. The van der Waals surface area contributed by atoms with Crippen molar-refractivity contribution in [1.29, 1.82) is 0 Å². The van der Waals surface area contributed by atoms with Crippen molar-refractivity contribution >= 4 is 5.91 Å². The zero-order valence-electron chi connectivity index (χ0n) is 15.7. The molecule has 2 aliphatic rings. The Hall–Kier alpha value is -2.37. The van der Waals surface area contributed by atoms with Gasteiger partial charge in [-0.15, -0.1) is 0 Å². The van der Waals surface area contributed by atoms with Gasteiger partial charge in [0.1, 0.15) is 11.8 Å². The van der Waals surface area contributed by atoms with E-state index in [1.807, 2.05) is 23.1 Å². The lowest BCUT2D eigenvalue weighted by atomic mass is 9.89. The quantitative estimate of drug-likeness (QED) is 0.875. The van der Waals surface area contributed by atoms with Crippen molar-refractivity contribution in [1.82, 2.24) is 15.8 Å². The van der Waals surface area contributed by atoms with Crippen molar-refractivity contribution in [2.75, 3.05) is 20.2 Å². The fourth-order valence-corrected chi connectivity index (χ4v) is 4.17. The molecule has 5 heteroatoms. The molecule has 0 spiro atoms. The first-order chi connectivity index (χ1) is 13.2. The SMILES string of the molecule is COc1cccc(C2CC(C(=O)N3CCC(c4ccccc4)CC3)NN2)c1. The maximum absolute atomic E-state index is 12.9. The summed E-state index contributed by atoms with van der Waals surface area (Å²) in [5, 5.41) is 0. The maximum Gasteiger partial charge on any atom is 0.241 e. The molecule has 0 aliphatic carbocycles. The standard InChI is InChI=1S/C22H27N3O2/c1-27-19-9-5-8-18(14-19)20-15-21(24-23-20)22(26)25-12-10-17(11-13-25)16-6-3-2-4-7-16/h2-9,14,17,20-21,23-24H,10-13,15H2,1H3. The van der Waals surface area contributed by atoms with E-state index in [0.29, 0.717) is 5.92 Å². The van der Waals surface area contributed by atoms with Gasteiger partial charge in [0.25, 0.3) is 0 Å². The molecular weight excluding hydrogens is 338 g/mol. The van der Waals surface area contributed by atoms with Gasteiger partial charge in [-0.1, -0.05) is 42.5 Å². The lowest BCUT2D eigenvalue weighted by Crippen LogP contribution is -2.48. The van der Waals surface area contributed by atoms with E-state index in [-0.39, 0.29) is 18.0 Å². The topological polar surface area (TPSA) is 53.6 Å². The summed E-state index contributed by atoms with van der Waals surface area (Å²) in [5.41, 5.74) is 9.01. The van der Waals surface area contributed by atoms with Gasteiger partial charge in [0, 0.05) is 19.1 Å². The van der Waals surface area contributed by atoms with Crippen LogP contribution in [0.3, 0.4) is 0 Å². The number of rotatable bonds is 4. The molecule has 2 fully saturated rings. The van der Waals surface area contributed by atoms with Crippen LogP contribution < -0.4 is 15.6 Å². The van der Waals surface area contributed by atoms with Gasteiger partial charge in [-0.25, -0.2) is 10.9 Å². The summed E-state index contributed by atoms with van der Waals surface area (Å²) < 4.78 is 5.31. The molecule has 2 unspecified atom stereocenters. The van der Waals surface area contributed by atoms with Gasteiger partial charge in [-0.05, 0) is 48.4 Å². The highest BCUT2D eigenvalue weighted by Gasteiger charge is 2.34. The second-order valence-electron chi connectivity index (χ2n) is 7.42. The monoisotopic (exact) mass is 365 g/mol. The van der Waals surface area contributed by atoms with E-state index in [2.05, 4.69) is 47.2 Å². The first-order valence-corrected chi connectivity index (χ1v) is 9.73. The van der Waals surface area contributed by atoms with Crippen molar-refractivity contribution in [3.63, 3.8) is 0 Å². The third-order valence-electron chi connectivity index (χ3n) is 5.78. The third-order valence-corrected chi connectivity index (χ3v) is 5.78. The van der Waals surface area contributed by atoms with Crippen molar-refractivity contribution < 1.29 is 9.53 Å². The van der Waals surface area contributed by atoms with Crippen molar-refractivity contribution in [3.8, 4) is 5.75 Å². The third kappa shape index (κ3) is 3.99. The summed E-state index contributed by atoms with van der Waals surface area (Å²) in [6, 6.07) is 18.6. The molecule has 5 nitrogen and oxygen atoms in total. The first kappa shape index (κ1) is 18.0. The molecule has 2 aromatic carbocycles. The van der Waals surface area contributed by atoms with Gasteiger partial charge < -0.3 is 9.64 Å². The molecule has 2 N–H and O–H groups in total. The van der Waals surface area contributed by atoms with E-state index in [9.17, 15) is 4.79 Å². The Morgan fingerprint density at radius 3 is 2.48 bits per heavy atom. The number of methoxy groups -OCH3 is 1. The predicted octanol–water partition coefficient (Wildman–Crippen LogP) is 3.01. The number of nitrogens with zero attached hydrogens (tertiary/aromatic N) is 1. The molecule has 2 aliphatic heterocycles. The van der Waals surface area contributed by atoms with E-state index in [4.69, 9.17) is 4.74 Å². The molecule has 0 aromatic heterocycles. The van der Waals surface area contributed by atoms with Gasteiger partial charge in [-0.2, -0.15) is 0 Å². The fraction of sp³-hybridized carbons (Fsp3) is 0.409. The number of benzene rings is 2. The van der Waals surface area contributed by atoms with Crippen LogP contribution in [0.1, 0.15) is 42.3 Å². The number of likely N-dealkylation sites (tertiary alicyclic amines) is 1. The van der Waals surface area contributed by atoms with Crippen LogP contribution in [-0.4, -0.2) is 37.0 Å². The maximum atomic E-state index is 12.9. The van der Waals surface area contributed by atoms with Crippen molar-refractivity contribution in [2.24, 2.45) is 0 Å². The number of carbonyl (C=O) groups excluding carboxylic acids is 1. The van der Waals surface area contributed by atoms with Crippen LogP contribution >= 0.6 is 0 Å². The minimum atomic E-state index is -0.172. The number of carbonyl (C=O) groups is 1. The predicted molar refractivity (Wildman–Crippen MR) is 105 cm³/mol. The van der Waals surface area contributed by atoms with E-state index in [0.717, 1.165) is 43.7 Å². The van der Waals surface area contributed by atoms with Crippen molar-refractivity contribution in [3.05, 3.63) is 65.7 Å². The number of piperidine rings is 1. The van der Waals surface area contributed by atoms with E-state index < -0.39 is 0 Å². The second-order valence-corrected chi connectivity index (χ2v) is 7.42. The number of hydrogen-bond acceptors (Lipinski definition) is 4. The molecule has 2 saturated heterocycles. The minimum Gasteiger partial charge on any atom is -0.497 e. The van der Waals surface area contributed by atoms with Gasteiger partial charge in [0.15, 0.2) is 0 Å². The number of hydrazine groups is 1. The molecular formula is C22H27N3O2. The summed E-state index contributed by atoms with van der Waals surface area (Å²) in [6.07, 6.45) is 2.83. The van der Waals surface area contributed by atoms with Gasteiger partial charge in [0.2, 0.25) is 5.91 Å². The van der Waals surface area contributed by atoms with Gasteiger partial charge in [0.05, 0.1) is 7.11 Å². The number of nitrogens with one attached hydrogen (secondary N) is 2. The van der Waals surface area contributed by atoms with Crippen LogP contribution in [0.5, 0.6) is 5.75 Å². The zero-order chi connectivity index (χ0) is 18.6. The molecule has 27 heavy (non-hydrogen) atoms. The van der Waals surface area contributed by atoms with E-state index in [1.54, 1.807) is 7.11 Å². The highest BCUT2D eigenvalue weighted by atomic mass is 16.5. The van der Waals surface area contributed by atoms with Crippen LogP contribution in [0.2, 0.25) is 0 Å². The summed E-state index contributed by atoms with van der Waals surface area (Å²) in [6.45, 7) is 1.67. The van der Waals surface area contributed by atoms with Gasteiger partial charge in [-0.3, -0.25) is 4.79 Å². The van der Waals surface area contributed by atoms with Gasteiger partial charge >= 0.3 is 0 Å². The van der Waals surface area contributed by atoms with Crippen LogP contribution in [-0.2, 0) is 4.79 Å². The number of amides is 1. The summed E-state index contributed by atoms with van der Waals surface area (Å²) in [7, 11) is 1.67. The van der Waals surface area contributed by atoms with E-state index in [1.165, 1.54) is 5.56 Å². The minimum absolute atomic E-state index is 0.121. The Morgan fingerprint density at radius 1 is 1.00 bits per heavy atom. The van der Waals surface area contributed by atoms with Crippen LogP contribution in [0.25, 0.3) is 0 Å². The Kier molecular flexibility index (Phi) is 5.41. The average Bonchev–Trinajstić information content (AvgIpc) is 3.24. The molecule has 0 bridgehead atoms. The molecule has 0 radical (unpaired) electrons. The smallest absolute Gasteiger partial charge is 0.241 e. The number of hydrogen-bond donors (Lipinski definition) is 2. The molecule has 2 heterocycles. The fourth-order valence-electron chi connectivity index (χ4n) is 4.17. The summed E-state index contributed by atoms with van der Waals surface area (Å²) in [5.74, 6) is 1.61. The lowest BCUT2D eigenvalue weighted by Gasteiger charge is -2.33. The second kappa shape index (κ2) is 8.11. The normalized spacial score (nSPS) is 23.4. The first-order valence-electron chi connectivity index (χ1n) is 9.73. The Bertz CT molecular complexity index is 772. The Balaban J connectivity index is 1.33. The summed E-state index contributed by atoms with van der Waals surface area (Å²) in [4.78, 5) is 15.0. The lowest BCUT2D eigenvalue weighted by molar-refractivity contribution is -0.134. The molecule has 0 saturated carbocycles. The van der Waals surface area contributed by atoms with Crippen LogP contribution in [0, 0.1) is 0 Å². The van der Waals surface area contributed by atoms with Crippen LogP contribution in [0.4, 0.5) is 0 Å². The highest BCUT2D eigenvalue weighted by Crippen LogP contribution is 2.30. The summed E-state index contributed by atoms with van der Waals surface area (Å²) >= 11 is 0. The molecule has 2 atom stereocenters. The Labute approximate surface area is 160 Å². The van der Waals surface area contributed by atoms with Crippen LogP contribution in [0.15, 0.2) is 54.6 Å².